The summed E-state index contributed by atoms with van der Waals surface area (Å²) in [6.45, 7) is 4.93. The average Bonchev–Trinajstić information content (AvgIpc) is 2.12. The van der Waals surface area contributed by atoms with Crippen LogP contribution in [0.15, 0.2) is 0 Å². The molecule has 0 aromatic heterocycles. The SMILES string of the molecule is CC(C)(CCS(=O)CCC[N+](C)(C)C)N(Cl)Cl. The highest BCUT2D eigenvalue weighted by atomic mass is 35.5. The third-order valence-electron chi connectivity index (χ3n) is 2.60. The first-order chi connectivity index (χ1) is 7.54. The molecule has 6 heteroatoms. The summed E-state index contributed by atoms with van der Waals surface area (Å²) in [6, 6.07) is 0. The highest BCUT2D eigenvalue weighted by Gasteiger charge is 2.24. The topological polar surface area (TPSA) is 20.3 Å². The maximum atomic E-state index is 11.8. The normalized spacial score (nSPS) is 15.3. The first-order valence-corrected chi connectivity index (χ1v) is 7.98. The van der Waals surface area contributed by atoms with E-state index < -0.39 is 10.8 Å². The van der Waals surface area contributed by atoms with Gasteiger partial charge in [-0.2, -0.15) is 0 Å². The second-order valence-electron chi connectivity index (χ2n) is 6.01. The minimum Gasteiger partial charge on any atom is -0.331 e. The van der Waals surface area contributed by atoms with Crippen molar-refractivity contribution in [2.75, 3.05) is 39.2 Å². The third-order valence-corrected chi connectivity index (χ3v) is 4.92. The third kappa shape index (κ3) is 9.25. The van der Waals surface area contributed by atoms with Crippen molar-refractivity contribution in [2.24, 2.45) is 0 Å². The molecular weight excluding hydrogens is 279 g/mol. The Hall–Kier alpha value is 0.650. The van der Waals surface area contributed by atoms with Crippen LogP contribution in [-0.4, -0.2) is 57.4 Å². The molecule has 0 radical (unpaired) electrons. The van der Waals surface area contributed by atoms with Gasteiger partial charge in [0.15, 0.2) is 0 Å². The van der Waals surface area contributed by atoms with Crippen molar-refractivity contribution in [1.29, 1.82) is 0 Å². The van der Waals surface area contributed by atoms with Crippen LogP contribution in [0.4, 0.5) is 0 Å². The Labute approximate surface area is 118 Å². The Morgan fingerprint density at radius 3 is 2.12 bits per heavy atom. The smallest absolute Gasteiger partial charge is 0.0789 e. The monoisotopic (exact) mass is 303 g/mol. The Morgan fingerprint density at radius 2 is 1.71 bits per heavy atom. The molecular formula is C11H25Cl2N2OS+. The molecule has 0 aromatic rings. The fraction of sp³-hybridized carbons (Fsp3) is 1.00. The largest absolute Gasteiger partial charge is 0.331 e. The van der Waals surface area contributed by atoms with Gasteiger partial charge in [0.2, 0.25) is 0 Å². The summed E-state index contributed by atoms with van der Waals surface area (Å²) in [5.41, 5.74) is -0.321. The lowest BCUT2D eigenvalue weighted by atomic mass is 10.0. The van der Waals surface area contributed by atoms with Gasteiger partial charge in [0.25, 0.3) is 0 Å². The van der Waals surface area contributed by atoms with Gasteiger partial charge in [-0.15, -0.1) is 3.94 Å². The lowest BCUT2D eigenvalue weighted by Crippen LogP contribution is -2.36. The molecule has 0 aromatic carbocycles. The Morgan fingerprint density at radius 1 is 1.18 bits per heavy atom. The van der Waals surface area contributed by atoms with E-state index in [4.69, 9.17) is 23.6 Å². The van der Waals surface area contributed by atoms with Crippen LogP contribution in [0.1, 0.15) is 26.7 Å². The van der Waals surface area contributed by atoms with Crippen LogP contribution < -0.4 is 0 Å². The second-order valence-corrected chi connectivity index (χ2v) is 8.56. The van der Waals surface area contributed by atoms with Gasteiger partial charge in [-0.3, -0.25) is 4.21 Å². The van der Waals surface area contributed by atoms with E-state index >= 15 is 0 Å². The Kier molecular flexibility index (Phi) is 7.57. The summed E-state index contributed by atoms with van der Waals surface area (Å²) in [6.07, 6.45) is 1.72. The van der Waals surface area contributed by atoms with Gasteiger partial charge in [0.1, 0.15) is 0 Å². The number of rotatable bonds is 8. The van der Waals surface area contributed by atoms with Gasteiger partial charge in [-0.1, -0.05) is 0 Å². The van der Waals surface area contributed by atoms with Crippen LogP contribution in [-0.2, 0) is 10.8 Å². The summed E-state index contributed by atoms with van der Waals surface area (Å²) in [5.74, 6) is 1.41. The minimum absolute atomic E-state index is 0.321. The Balaban J connectivity index is 3.82. The van der Waals surface area contributed by atoms with E-state index in [9.17, 15) is 4.21 Å². The summed E-state index contributed by atoms with van der Waals surface area (Å²) < 4.78 is 13.9. The second kappa shape index (κ2) is 7.29. The molecule has 0 saturated heterocycles. The number of halogens is 2. The molecule has 3 nitrogen and oxygen atoms in total. The van der Waals surface area contributed by atoms with E-state index in [-0.39, 0.29) is 5.54 Å². The molecule has 1 atom stereocenters. The molecule has 0 heterocycles. The van der Waals surface area contributed by atoms with Crippen LogP contribution >= 0.6 is 23.6 Å². The molecule has 0 spiro atoms. The average molecular weight is 304 g/mol. The van der Waals surface area contributed by atoms with E-state index in [0.717, 1.165) is 33.6 Å². The van der Waals surface area contributed by atoms with Crippen LogP contribution in [0.3, 0.4) is 0 Å². The number of hydrogen-bond donors (Lipinski definition) is 0. The summed E-state index contributed by atoms with van der Waals surface area (Å²) in [4.78, 5) is 0. The first kappa shape index (κ1) is 17.6. The maximum Gasteiger partial charge on any atom is 0.0789 e. The van der Waals surface area contributed by atoms with E-state index in [1.165, 1.54) is 0 Å². The maximum absolute atomic E-state index is 11.8. The van der Waals surface area contributed by atoms with Crippen molar-refractivity contribution in [3.63, 3.8) is 0 Å². The van der Waals surface area contributed by atoms with Crippen molar-refractivity contribution in [2.45, 2.75) is 32.2 Å². The van der Waals surface area contributed by atoms with Gasteiger partial charge in [0, 0.05) is 34.3 Å². The molecule has 0 aliphatic heterocycles. The number of hydrogen-bond acceptors (Lipinski definition) is 2. The van der Waals surface area contributed by atoms with Gasteiger partial charge >= 0.3 is 0 Å². The van der Waals surface area contributed by atoms with Crippen molar-refractivity contribution in [3.8, 4) is 0 Å². The lowest BCUT2D eigenvalue weighted by Gasteiger charge is -2.27. The predicted octanol–water partition coefficient (Wildman–Crippen LogP) is 2.61. The molecule has 17 heavy (non-hydrogen) atoms. The fourth-order valence-corrected chi connectivity index (χ4v) is 2.80. The van der Waals surface area contributed by atoms with Gasteiger partial charge < -0.3 is 4.48 Å². The van der Waals surface area contributed by atoms with Crippen molar-refractivity contribution in [3.05, 3.63) is 0 Å². The molecule has 0 rings (SSSR count). The molecule has 1 unspecified atom stereocenters. The van der Waals surface area contributed by atoms with Crippen molar-refractivity contribution < 1.29 is 8.69 Å². The van der Waals surface area contributed by atoms with Crippen molar-refractivity contribution in [1.82, 2.24) is 3.94 Å². The van der Waals surface area contributed by atoms with E-state index in [0.29, 0.717) is 5.75 Å². The van der Waals surface area contributed by atoms with Gasteiger partial charge in [-0.25, -0.2) is 0 Å². The summed E-state index contributed by atoms with van der Waals surface area (Å²) in [5, 5.41) is 0. The quantitative estimate of drug-likeness (QED) is 0.507. The Bertz CT molecular complexity index is 252. The molecule has 0 fully saturated rings. The zero-order valence-corrected chi connectivity index (χ0v) is 13.8. The molecule has 104 valence electrons. The minimum atomic E-state index is -0.772. The van der Waals surface area contributed by atoms with Gasteiger partial charge in [-0.05, 0) is 43.8 Å². The molecule has 0 bridgehead atoms. The number of quaternary nitrogens is 1. The molecule has 0 aliphatic carbocycles. The summed E-state index contributed by atoms with van der Waals surface area (Å²) >= 11 is 11.4. The fourth-order valence-electron chi connectivity index (χ4n) is 1.25. The highest BCUT2D eigenvalue weighted by molar-refractivity contribution is 7.84. The van der Waals surface area contributed by atoms with Crippen LogP contribution in [0.2, 0.25) is 0 Å². The van der Waals surface area contributed by atoms with Crippen LogP contribution in [0.25, 0.3) is 0 Å². The zero-order chi connectivity index (χ0) is 13.7. The predicted molar refractivity (Wildman–Crippen MR) is 77.6 cm³/mol. The van der Waals surface area contributed by atoms with Crippen LogP contribution in [0.5, 0.6) is 0 Å². The van der Waals surface area contributed by atoms with Gasteiger partial charge in [0.05, 0.1) is 27.7 Å². The van der Waals surface area contributed by atoms with Crippen LogP contribution in [0, 0.1) is 0 Å². The lowest BCUT2D eigenvalue weighted by molar-refractivity contribution is -0.870. The molecule has 0 N–H and O–H groups in total. The zero-order valence-electron chi connectivity index (χ0n) is 11.5. The highest BCUT2D eigenvalue weighted by Crippen LogP contribution is 2.23. The first-order valence-electron chi connectivity index (χ1n) is 5.82. The standard InChI is InChI=1S/C11H25Cl2N2OS/c1-11(2,14(12)13)7-10-17(16)9-6-8-15(3,4)5/h6-10H2,1-5H3/q+1. The molecule has 0 saturated carbocycles. The van der Waals surface area contributed by atoms with E-state index in [1.54, 1.807) is 0 Å². The number of nitrogens with zero attached hydrogens (tertiary/aromatic N) is 2. The van der Waals surface area contributed by atoms with Crippen molar-refractivity contribution >= 4 is 34.4 Å². The molecule has 0 amide bonds. The summed E-state index contributed by atoms with van der Waals surface area (Å²) in [7, 11) is 5.66. The molecule has 0 aliphatic rings. The van der Waals surface area contributed by atoms with E-state index in [1.807, 2.05) is 13.8 Å². The van der Waals surface area contributed by atoms with E-state index in [2.05, 4.69) is 21.1 Å².